The molecule has 0 atom stereocenters. The molecule has 1 aliphatic rings. The predicted octanol–water partition coefficient (Wildman–Crippen LogP) is 3.79. The first-order chi connectivity index (χ1) is 16.8. The van der Waals surface area contributed by atoms with Gasteiger partial charge in [-0.1, -0.05) is 36.4 Å². The number of azo groups is 1. The van der Waals surface area contributed by atoms with E-state index in [1.807, 2.05) is 0 Å². The molecule has 0 spiro atoms. The molecule has 0 saturated carbocycles. The quantitative estimate of drug-likeness (QED) is 0.235. The Morgan fingerprint density at radius 3 is 2.11 bits per heavy atom. The summed E-state index contributed by atoms with van der Waals surface area (Å²) >= 11 is 0. The molecule has 3 aromatic rings. The van der Waals surface area contributed by atoms with Crippen LogP contribution < -0.4 is 4.90 Å². The molecular weight excluding hydrogens is 473 g/mol. The molecule has 0 aliphatic heterocycles. The summed E-state index contributed by atoms with van der Waals surface area (Å²) in [4.78, 5) is 45.3. The van der Waals surface area contributed by atoms with E-state index in [0.717, 1.165) is 0 Å². The monoisotopic (exact) mass is 495 g/mol. The molecule has 0 aromatic heterocycles. The van der Waals surface area contributed by atoms with E-state index < -0.39 is 7.82 Å². The molecule has 11 heteroatoms. The number of aliphatic hydroxyl groups is 1. The number of phosphoric ester groups is 1. The van der Waals surface area contributed by atoms with Crippen LogP contribution in [0.3, 0.4) is 0 Å². The number of rotatable bonds is 9. The summed E-state index contributed by atoms with van der Waals surface area (Å²) in [6.45, 7) is 0.00650. The van der Waals surface area contributed by atoms with E-state index in [1.54, 1.807) is 71.6 Å². The second-order valence-electron chi connectivity index (χ2n) is 7.65. The smallest absolute Gasteiger partial charge is 0.395 e. The fraction of sp³-hybridized carbons (Fsp3) is 0.167. The zero-order chi connectivity index (χ0) is 25.0. The third kappa shape index (κ3) is 5.59. The maximum absolute atomic E-state index is 13.1. The third-order valence-corrected chi connectivity index (χ3v) is 5.93. The van der Waals surface area contributed by atoms with Gasteiger partial charge in [0.2, 0.25) is 0 Å². The van der Waals surface area contributed by atoms with Crippen molar-refractivity contribution in [1.82, 2.24) is 0 Å². The maximum Gasteiger partial charge on any atom is 0.469 e. The van der Waals surface area contributed by atoms with Crippen molar-refractivity contribution in [2.45, 2.75) is 0 Å². The molecule has 0 amide bonds. The fourth-order valence-electron chi connectivity index (χ4n) is 3.81. The fourth-order valence-corrected chi connectivity index (χ4v) is 4.13. The Morgan fingerprint density at radius 1 is 0.800 bits per heavy atom. The Bertz CT molecular complexity index is 1340. The first kappa shape index (κ1) is 24.6. The van der Waals surface area contributed by atoms with E-state index in [2.05, 4.69) is 14.8 Å². The average Bonchev–Trinajstić information content (AvgIpc) is 2.85. The van der Waals surface area contributed by atoms with Crippen molar-refractivity contribution in [3.63, 3.8) is 0 Å². The summed E-state index contributed by atoms with van der Waals surface area (Å²) in [7, 11) is -4.58. The number of nitrogens with zero attached hydrogens (tertiary/aromatic N) is 3. The standard InChI is InChI=1S/C24H22N3O7P/c28-14-12-27(13-15-34-35(31,32)33)17-10-8-16(9-11-17)25-26-21-7-3-6-20-22(21)24(30)19-5-2-1-4-18(19)23(20)29/h1-11,28H,12-15H2,(H2,31,32,33). The van der Waals surface area contributed by atoms with Crippen molar-refractivity contribution in [3.8, 4) is 0 Å². The number of anilines is 1. The van der Waals surface area contributed by atoms with Crippen molar-refractivity contribution in [2.75, 3.05) is 31.2 Å². The van der Waals surface area contributed by atoms with Crippen LogP contribution in [0, 0.1) is 0 Å². The van der Waals surface area contributed by atoms with Crippen molar-refractivity contribution in [1.29, 1.82) is 0 Å². The second-order valence-corrected chi connectivity index (χ2v) is 8.89. The summed E-state index contributed by atoms with van der Waals surface area (Å²) in [5, 5.41) is 17.7. The third-order valence-electron chi connectivity index (χ3n) is 5.41. The summed E-state index contributed by atoms with van der Waals surface area (Å²) in [6, 6.07) is 18.3. The van der Waals surface area contributed by atoms with E-state index in [9.17, 15) is 19.3 Å². The van der Waals surface area contributed by atoms with E-state index in [1.165, 1.54) is 0 Å². The lowest BCUT2D eigenvalue weighted by molar-refractivity contribution is 0.0979. The minimum atomic E-state index is -4.58. The highest BCUT2D eigenvalue weighted by Gasteiger charge is 2.31. The lowest BCUT2D eigenvalue weighted by atomic mass is 9.83. The van der Waals surface area contributed by atoms with E-state index in [4.69, 9.17) is 9.79 Å². The van der Waals surface area contributed by atoms with Gasteiger partial charge in [-0.15, -0.1) is 5.11 Å². The molecule has 180 valence electrons. The van der Waals surface area contributed by atoms with Gasteiger partial charge in [-0.3, -0.25) is 14.1 Å². The van der Waals surface area contributed by atoms with E-state index in [0.29, 0.717) is 22.5 Å². The van der Waals surface area contributed by atoms with Gasteiger partial charge in [-0.2, -0.15) is 5.11 Å². The molecule has 0 saturated heterocycles. The first-order valence-corrected chi connectivity index (χ1v) is 12.2. The Labute approximate surface area is 200 Å². The highest BCUT2D eigenvalue weighted by Crippen LogP contribution is 2.36. The predicted molar refractivity (Wildman–Crippen MR) is 128 cm³/mol. The molecule has 0 heterocycles. The molecule has 35 heavy (non-hydrogen) atoms. The summed E-state index contributed by atoms with van der Waals surface area (Å²) in [5.41, 5.74) is 2.67. The molecule has 3 aromatic carbocycles. The van der Waals surface area contributed by atoms with Gasteiger partial charge in [0, 0.05) is 35.5 Å². The molecule has 0 fully saturated rings. The van der Waals surface area contributed by atoms with Gasteiger partial charge >= 0.3 is 7.82 Å². The number of benzene rings is 3. The average molecular weight is 495 g/mol. The van der Waals surface area contributed by atoms with Gasteiger partial charge in [-0.25, -0.2) is 4.57 Å². The molecule has 0 bridgehead atoms. The number of phosphoric acid groups is 1. The van der Waals surface area contributed by atoms with Gasteiger partial charge in [-0.05, 0) is 30.3 Å². The van der Waals surface area contributed by atoms with Crippen LogP contribution in [0.5, 0.6) is 0 Å². The lowest BCUT2D eigenvalue weighted by Gasteiger charge is -2.23. The number of carbonyl (C=O) groups excluding carboxylic acids is 2. The van der Waals surface area contributed by atoms with Crippen molar-refractivity contribution in [3.05, 3.63) is 89.0 Å². The number of aliphatic hydroxyl groups excluding tert-OH is 1. The normalized spacial score (nSPS) is 13.1. The summed E-state index contributed by atoms with van der Waals surface area (Å²) in [6.07, 6.45) is 0. The van der Waals surface area contributed by atoms with Gasteiger partial charge < -0.3 is 19.8 Å². The highest BCUT2D eigenvalue weighted by atomic mass is 31.2. The first-order valence-electron chi connectivity index (χ1n) is 10.7. The van der Waals surface area contributed by atoms with Crippen LogP contribution >= 0.6 is 7.82 Å². The second kappa shape index (κ2) is 10.4. The Kier molecular flexibility index (Phi) is 7.30. The van der Waals surface area contributed by atoms with Gasteiger partial charge in [0.25, 0.3) is 0 Å². The van der Waals surface area contributed by atoms with Gasteiger partial charge in [0.05, 0.1) is 30.2 Å². The van der Waals surface area contributed by atoms with Crippen LogP contribution in [0.2, 0.25) is 0 Å². The highest BCUT2D eigenvalue weighted by molar-refractivity contribution is 7.46. The van der Waals surface area contributed by atoms with Gasteiger partial charge in [0.15, 0.2) is 11.6 Å². The number of fused-ring (bicyclic) bond motifs is 2. The molecule has 0 radical (unpaired) electrons. The number of hydrogen-bond acceptors (Lipinski definition) is 8. The van der Waals surface area contributed by atoms with Crippen molar-refractivity contribution < 1.29 is 33.6 Å². The number of ketones is 2. The van der Waals surface area contributed by atoms with Crippen molar-refractivity contribution in [2.24, 2.45) is 10.2 Å². The lowest BCUT2D eigenvalue weighted by Crippen LogP contribution is -2.30. The van der Waals surface area contributed by atoms with Crippen LogP contribution in [0.4, 0.5) is 17.1 Å². The minimum absolute atomic E-state index is 0.153. The Hall–Kier alpha value is -3.53. The molecule has 4 rings (SSSR count). The van der Waals surface area contributed by atoms with Crippen LogP contribution in [0.1, 0.15) is 31.8 Å². The number of carbonyl (C=O) groups is 2. The molecule has 10 nitrogen and oxygen atoms in total. The van der Waals surface area contributed by atoms with Gasteiger partial charge in [0.1, 0.15) is 0 Å². The largest absolute Gasteiger partial charge is 0.469 e. The van der Waals surface area contributed by atoms with Crippen LogP contribution in [0.15, 0.2) is 77.0 Å². The number of hydrogen-bond donors (Lipinski definition) is 3. The molecule has 0 unspecified atom stereocenters. The Morgan fingerprint density at radius 2 is 1.46 bits per heavy atom. The van der Waals surface area contributed by atoms with Crippen molar-refractivity contribution >= 4 is 36.5 Å². The van der Waals surface area contributed by atoms with Crippen LogP contribution in [-0.4, -0.2) is 52.8 Å². The van der Waals surface area contributed by atoms with Crippen LogP contribution in [0.25, 0.3) is 0 Å². The maximum atomic E-state index is 13.1. The molecule has 1 aliphatic carbocycles. The van der Waals surface area contributed by atoms with E-state index in [-0.39, 0.29) is 54.7 Å². The topological polar surface area (TPSA) is 149 Å². The summed E-state index contributed by atoms with van der Waals surface area (Å²) in [5.74, 6) is -0.513. The zero-order valence-corrected chi connectivity index (χ0v) is 19.3. The molecule has 3 N–H and O–H groups in total. The summed E-state index contributed by atoms with van der Waals surface area (Å²) < 4.78 is 15.4. The Balaban J connectivity index is 1.54. The van der Waals surface area contributed by atoms with Crippen LogP contribution in [-0.2, 0) is 9.09 Å². The SMILES string of the molecule is O=C1c2ccccc2C(=O)c2c(N=Nc3ccc(N(CCO)CCOP(=O)(O)O)cc3)cccc21. The minimum Gasteiger partial charge on any atom is -0.395 e. The zero-order valence-electron chi connectivity index (χ0n) is 18.4. The van der Waals surface area contributed by atoms with E-state index >= 15 is 0 Å². The molecular formula is C24H22N3O7P.